The van der Waals surface area contributed by atoms with Crippen molar-refractivity contribution >= 4 is 11.6 Å². The summed E-state index contributed by atoms with van der Waals surface area (Å²) in [5.74, 6) is -0.564. The monoisotopic (exact) mass is 340 g/mol. The molecule has 2 heterocycles. The van der Waals surface area contributed by atoms with Gasteiger partial charge in [-0.05, 0) is 36.4 Å². The molecule has 0 saturated carbocycles. The Kier molecular flexibility index (Phi) is 3.81. The maximum Gasteiger partial charge on any atom is 0.433 e. The molecule has 0 saturated heterocycles. The molecule has 3 aromatic rings. The molecule has 23 heavy (non-hydrogen) atoms. The van der Waals surface area contributed by atoms with Gasteiger partial charge in [-0.3, -0.25) is 4.98 Å². The van der Waals surface area contributed by atoms with Crippen molar-refractivity contribution < 1.29 is 17.6 Å². The average Bonchev–Trinajstić information content (AvgIpc) is 2.95. The molecule has 8 heteroatoms. The zero-order chi connectivity index (χ0) is 16.6. The van der Waals surface area contributed by atoms with Crippen LogP contribution in [0.3, 0.4) is 0 Å². The van der Waals surface area contributed by atoms with Crippen molar-refractivity contribution in [1.82, 2.24) is 14.8 Å². The quantitative estimate of drug-likeness (QED) is 0.641. The summed E-state index contributed by atoms with van der Waals surface area (Å²) >= 11 is 5.81. The van der Waals surface area contributed by atoms with Gasteiger partial charge in [0.25, 0.3) is 0 Å². The molecule has 0 amide bonds. The van der Waals surface area contributed by atoms with E-state index >= 15 is 0 Å². The zero-order valence-electron chi connectivity index (χ0n) is 11.3. The number of rotatable bonds is 2. The minimum absolute atomic E-state index is 0.129. The molecule has 0 atom stereocenters. The summed E-state index contributed by atoms with van der Waals surface area (Å²) < 4.78 is 53.0. The van der Waals surface area contributed by atoms with Crippen LogP contribution in [-0.2, 0) is 6.18 Å². The first-order valence-electron chi connectivity index (χ1n) is 6.31. The molecule has 2 aromatic heterocycles. The maximum atomic E-state index is 13.5. The Morgan fingerprint density at radius 3 is 2.61 bits per heavy atom. The van der Waals surface area contributed by atoms with Crippen LogP contribution in [-0.4, -0.2) is 14.8 Å². The minimum atomic E-state index is -4.57. The predicted molar refractivity (Wildman–Crippen MR) is 75.6 cm³/mol. The molecule has 117 valence electrons. The molecule has 0 spiro atoms. The Morgan fingerprint density at radius 1 is 1.13 bits per heavy atom. The van der Waals surface area contributed by atoms with Crippen LogP contribution in [0.5, 0.6) is 0 Å². The molecule has 0 aliphatic heterocycles. The van der Waals surface area contributed by atoms with E-state index in [1.165, 1.54) is 28.9 Å². The van der Waals surface area contributed by atoms with Gasteiger partial charge in [0.2, 0.25) is 0 Å². The second-order valence-corrected chi connectivity index (χ2v) is 5.06. The van der Waals surface area contributed by atoms with E-state index in [2.05, 4.69) is 16.3 Å². The van der Waals surface area contributed by atoms with Gasteiger partial charge in [0.1, 0.15) is 17.7 Å². The number of benzene rings is 1. The summed E-state index contributed by atoms with van der Waals surface area (Å²) in [6.07, 6.45) is -1.01. The van der Waals surface area contributed by atoms with E-state index in [-0.39, 0.29) is 10.7 Å². The van der Waals surface area contributed by atoms with E-state index in [1.54, 1.807) is 0 Å². The van der Waals surface area contributed by atoms with Gasteiger partial charge in [-0.1, -0.05) is 11.6 Å². The molecule has 0 aliphatic rings. The van der Waals surface area contributed by atoms with Crippen LogP contribution in [0, 0.1) is 12.0 Å². The Morgan fingerprint density at radius 2 is 1.91 bits per heavy atom. The number of hydrogen-bond acceptors (Lipinski definition) is 2. The Bertz CT molecular complexity index is 838. The lowest BCUT2D eigenvalue weighted by molar-refractivity contribution is -0.141. The third kappa shape index (κ3) is 3.19. The Balaban J connectivity index is 2.12. The highest BCUT2D eigenvalue weighted by Crippen LogP contribution is 2.30. The molecule has 0 aliphatic carbocycles. The lowest BCUT2D eigenvalue weighted by atomic mass is 10.1. The normalized spacial score (nSPS) is 11.7. The first kappa shape index (κ1) is 15.5. The second-order valence-electron chi connectivity index (χ2n) is 4.63. The van der Waals surface area contributed by atoms with E-state index in [0.29, 0.717) is 11.3 Å². The number of alkyl halides is 3. The van der Waals surface area contributed by atoms with Crippen molar-refractivity contribution in [2.45, 2.75) is 6.18 Å². The van der Waals surface area contributed by atoms with Gasteiger partial charge in [-0.25, -0.2) is 9.07 Å². The van der Waals surface area contributed by atoms with Crippen molar-refractivity contribution in [1.29, 1.82) is 0 Å². The predicted octanol–water partition coefficient (Wildman–Crippen LogP) is 4.55. The van der Waals surface area contributed by atoms with Gasteiger partial charge in [0.15, 0.2) is 0 Å². The van der Waals surface area contributed by atoms with Crippen molar-refractivity contribution in [3.8, 4) is 16.9 Å². The summed E-state index contributed by atoms with van der Waals surface area (Å²) in [4.78, 5) is 3.29. The van der Waals surface area contributed by atoms with Gasteiger partial charge in [0.05, 0.1) is 11.4 Å². The third-order valence-corrected chi connectivity index (χ3v) is 3.24. The van der Waals surface area contributed by atoms with Crippen molar-refractivity contribution in [2.24, 2.45) is 0 Å². The summed E-state index contributed by atoms with van der Waals surface area (Å²) in [7, 11) is 0. The molecule has 3 nitrogen and oxygen atoms in total. The molecule has 0 unspecified atom stereocenters. The number of pyridine rings is 1. The van der Waals surface area contributed by atoms with Gasteiger partial charge < -0.3 is 0 Å². The van der Waals surface area contributed by atoms with Crippen molar-refractivity contribution in [3.63, 3.8) is 0 Å². The van der Waals surface area contributed by atoms with Crippen molar-refractivity contribution in [3.05, 3.63) is 65.3 Å². The zero-order valence-corrected chi connectivity index (χ0v) is 12.0. The average molecular weight is 341 g/mol. The van der Waals surface area contributed by atoms with E-state index in [9.17, 15) is 17.6 Å². The van der Waals surface area contributed by atoms with Gasteiger partial charge >= 0.3 is 6.18 Å². The van der Waals surface area contributed by atoms with E-state index in [0.717, 1.165) is 18.3 Å². The second kappa shape index (κ2) is 5.66. The molecule has 0 bridgehead atoms. The topological polar surface area (TPSA) is 30.7 Å². The number of hydrogen-bond donors (Lipinski definition) is 0. The number of aromatic nitrogens is 3. The Hall–Kier alpha value is -2.41. The van der Waals surface area contributed by atoms with E-state index < -0.39 is 17.7 Å². The van der Waals surface area contributed by atoms with Crippen LogP contribution in [0.15, 0.2) is 42.6 Å². The first-order chi connectivity index (χ1) is 10.8. The summed E-state index contributed by atoms with van der Waals surface area (Å²) in [5.41, 5.74) is -0.197. The molecule has 0 N–H and O–H groups in total. The van der Waals surface area contributed by atoms with Crippen molar-refractivity contribution in [2.75, 3.05) is 0 Å². The van der Waals surface area contributed by atoms with Crippen LogP contribution in [0.1, 0.15) is 5.69 Å². The van der Waals surface area contributed by atoms with Crippen LogP contribution in [0.4, 0.5) is 17.6 Å². The highest BCUT2D eigenvalue weighted by Gasteiger charge is 2.32. The Labute approximate surface area is 133 Å². The molecular weight excluding hydrogens is 334 g/mol. The fourth-order valence-corrected chi connectivity index (χ4v) is 2.29. The standard InChI is InChI=1S/C15H7ClF4N3/c16-10-5-9(6-11(17)7-10)13-2-4-22-23(13)12-1-3-21-14(8-12)15(18,19)20/h1-3,5-8H. The first-order valence-corrected chi connectivity index (χ1v) is 6.68. The summed E-state index contributed by atoms with van der Waals surface area (Å²) in [5, 5.41) is 4.04. The van der Waals surface area contributed by atoms with Gasteiger partial charge in [-0.2, -0.15) is 18.3 Å². The molecule has 1 aromatic carbocycles. The van der Waals surface area contributed by atoms with E-state index in [4.69, 9.17) is 11.6 Å². The fourth-order valence-electron chi connectivity index (χ4n) is 2.07. The summed E-state index contributed by atoms with van der Waals surface area (Å²) in [6.45, 7) is 0. The number of halogens is 5. The maximum absolute atomic E-state index is 13.5. The lowest BCUT2D eigenvalue weighted by Crippen LogP contribution is -2.09. The fraction of sp³-hybridized carbons (Fsp3) is 0.0667. The largest absolute Gasteiger partial charge is 0.433 e. The smallest absolute Gasteiger partial charge is 0.252 e. The van der Waals surface area contributed by atoms with Gasteiger partial charge in [-0.15, -0.1) is 0 Å². The molecule has 3 rings (SSSR count). The van der Waals surface area contributed by atoms with E-state index in [1.807, 2.05) is 0 Å². The van der Waals surface area contributed by atoms with Crippen LogP contribution in [0.25, 0.3) is 16.9 Å². The molecule has 0 fully saturated rings. The third-order valence-electron chi connectivity index (χ3n) is 3.02. The number of nitrogens with zero attached hydrogens (tertiary/aromatic N) is 3. The van der Waals surface area contributed by atoms with Crippen LogP contribution < -0.4 is 0 Å². The highest BCUT2D eigenvalue weighted by atomic mass is 35.5. The highest BCUT2D eigenvalue weighted by molar-refractivity contribution is 6.30. The minimum Gasteiger partial charge on any atom is -0.252 e. The molecule has 1 radical (unpaired) electrons. The SMILES string of the molecule is Fc1cc(Cl)cc(-c2c[c]nn2-c2ccnc(C(F)(F)F)c2)c1. The lowest BCUT2D eigenvalue weighted by Gasteiger charge is -2.11. The summed E-state index contributed by atoms with van der Waals surface area (Å²) in [6, 6.07) is 7.46. The van der Waals surface area contributed by atoms with Crippen LogP contribution in [0.2, 0.25) is 5.02 Å². The van der Waals surface area contributed by atoms with Gasteiger partial charge in [0, 0.05) is 16.8 Å². The van der Waals surface area contributed by atoms with Crippen LogP contribution >= 0.6 is 11.6 Å². The molecular formula is C15H7ClF4N3.